The van der Waals surface area contributed by atoms with E-state index in [0.717, 1.165) is 28.3 Å². The van der Waals surface area contributed by atoms with Crippen LogP contribution >= 0.6 is 0 Å². The molecule has 0 bridgehead atoms. The molecule has 11 nitrogen and oxygen atoms in total. The van der Waals surface area contributed by atoms with Crippen LogP contribution in [0.25, 0.3) is 16.9 Å². The van der Waals surface area contributed by atoms with Crippen molar-refractivity contribution in [1.29, 1.82) is 0 Å². The molecule has 1 aliphatic rings. The van der Waals surface area contributed by atoms with Gasteiger partial charge in [0, 0.05) is 25.5 Å². The normalized spacial score (nSPS) is 14.2. The summed E-state index contributed by atoms with van der Waals surface area (Å²) in [6, 6.07) is 3.81. The van der Waals surface area contributed by atoms with Crippen LogP contribution in [0.1, 0.15) is 38.7 Å². The van der Waals surface area contributed by atoms with E-state index in [0.29, 0.717) is 31.1 Å². The smallest absolute Gasteiger partial charge is 0.410 e. The van der Waals surface area contributed by atoms with Crippen LogP contribution in [0.2, 0.25) is 0 Å². The van der Waals surface area contributed by atoms with Gasteiger partial charge in [0.1, 0.15) is 29.6 Å². The standard InChI is InChI=1S/C24H27N9O2/c1-16-18(5-6-20(29-16)33-15-25-14-28-33)30-21-19-13-27-22(32(19)12-9-26-21)17-7-10-31(11-8-17)23(34)35-24(2,3)4/h5-7,9,12-15H,8,10-11H2,1-4H3,(H,26,30). The molecule has 1 aliphatic heterocycles. The first-order valence-electron chi connectivity index (χ1n) is 11.4. The minimum Gasteiger partial charge on any atom is -0.444 e. The lowest BCUT2D eigenvalue weighted by Gasteiger charge is -2.29. The maximum absolute atomic E-state index is 12.4. The number of aromatic nitrogens is 7. The molecule has 0 radical (unpaired) electrons. The Balaban J connectivity index is 1.36. The molecule has 0 saturated carbocycles. The number of pyridine rings is 1. The van der Waals surface area contributed by atoms with Crippen LogP contribution in [0.4, 0.5) is 16.3 Å². The zero-order valence-corrected chi connectivity index (χ0v) is 20.1. The van der Waals surface area contributed by atoms with Gasteiger partial charge >= 0.3 is 6.09 Å². The van der Waals surface area contributed by atoms with E-state index < -0.39 is 5.60 Å². The van der Waals surface area contributed by atoms with Gasteiger partial charge in [-0.05, 0) is 51.8 Å². The predicted octanol–water partition coefficient (Wildman–Crippen LogP) is 3.78. The second kappa shape index (κ2) is 8.82. The third kappa shape index (κ3) is 4.70. The molecule has 11 heteroatoms. The zero-order valence-electron chi connectivity index (χ0n) is 20.1. The Bertz CT molecular complexity index is 1400. The number of imidazole rings is 1. The Morgan fingerprint density at radius 2 is 2.06 bits per heavy atom. The lowest BCUT2D eigenvalue weighted by molar-refractivity contribution is 0.0270. The fourth-order valence-electron chi connectivity index (χ4n) is 3.89. The largest absolute Gasteiger partial charge is 0.444 e. The van der Waals surface area contributed by atoms with Crippen LogP contribution < -0.4 is 5.32 Å². The molecule has 35 heavy (non-hydrogen) atoms. The number of carbonyl (C=O) groups excluding carboxylic acids is 1. The fourth-order valence-corrected chi connectivity index (χ4v) is 3.89. The van der Waals surface area contributed by atoms with Crippen molar-refractivity contribution in [2.45, 2.75) is 39.7 Å². The summed E-state index contributed by atoms with van der Waals surface area (Å²) >= 11 is 0. The van der Waals surface area contributed by atoms with E-state index in [1.54, 1.807) is 28.3 Å². The number of nitrogens with one attached hydrogen (secondary N) is 1. The molecule has 180 valence electrons. The van der Waals surface area contributed by atoms with Gasteiger partial charge in [0.05, 0.1) is 17.6 Å². The zero-order chi connectivity index (χ0) is 24.6. The molecule has 5 heterocycles. The number of carbonyl (C=O) groups is 1. The maximum atomic E-state index is 12.4. The molecule has 1 amide bonds. The van der Waals surface area contributed by atoms with Crippen LogP contribution in [0, 0.1) is 6.92 Å². The molecule has 0 unspecified atom stereocenters. The number of ether oxygens (including phenoxy) is 1. The highest BCUT2D eigenvalue weighted by atomic mass is 16.6. The Labute approximate surface area is 202 Å². The topological polar surface area (TPSA) is 115 Å². The highest BCUT2D eigenvalue weighted by Crippen LogP contribution is 2.27. The van der Waals surface area contributed by atoms with E-state index in [2.05, 4.69) is 30.4 Å². The van der Waals surface area contributed by atoms with Gasteiger partial charge in [0.2, 0.25) is 0 Å². The average molecular weight is 474 g/mol. The van der Waals surface area contributed by atoms with Crippen molar-refractivity contribution in [3.63, 3.8) is 0 Å². The number of hydrogen-bond donors (Lipinski definition) is 1. The molecule has 5 rings (SSSR count). The van der Waals surface area contributed by atoms with Gasteiger partial charge < -0.3 is 15.0 Å². The van der Waals surface area contributed by atoms with Crippen LogP contribution in [0.5, 0.6) is 0 Å². The van der Waals surface area contributed by atoms with Crippen molar-refractivity contribution in [1.82, 2.24) is 39.0 Å². The molecular formula is C24H27N9O2. The lowest BCUT2D eigenvalue weighted by atomic mass is 10.1. The number of fused-ring (bicyclic) bond motifs is 1. The van der Waals surface area contributed by atoms with E-state index in [1.165, 1.54) is 6.33 Å². The van der Waals surface area contributed by atoms with Gasteiger partial charge in [0.15, 0.2) is 11.6 Å². The Morgan fingerprint density at radius 3 is 2.74 bits per heavy atom. The minimum absolute atomic E-state index is 0.296. The van der Waals surface area contributed by atoms with E-state index in [1.807, 2.05) is 56.5 Å². The third-order valence-electron chi connectivity index (χ3n) is 5.58. The van der Waals surface area contributed by atoms with Crippen molar-refractivity contribution in [2.24, 2.45) is 0 Å². The Kier molecular flexibility index (Phi) is 5.67. The number of anilines is 2. The molecule has 0 saturated heterocycles. The van der Waals surface area contributed by atoms with Gasteiger partial charge in [-0.2, -0.15) is 5.10 Å². The number of aryl methyl sites for hydroxylation is 1. The van der Waals surface area contributed by atoms with Crippen molar-refractivity contribution in [2.75, 3.05) is 18.4 Å². The molecule has 0 aliphatic carbocycles. The van der Waals surface area contributed by atoms with E-state index in [9.17, 15) is 4.79 Å². The van der Waals surface area contributed by atoms with Crippen LogP contribution in [0.15, 0.2) is 49.5 Å². The molecule has 0 fully saturated rings. The molecule has 4 aromatic heterocycles. The van der Waals surface area contributed by atoms with Gasteiger partial charge in [-0.3, -0.25) is 4.40 Å². The SMILES string of the molecule is Cc1nc(-n2cncn2)ccc1Nc1nccn2c(C3=CCN(C(=O)OC(C)(C)C)CC3)ncc12. The van der Waals surface area contributed by atoms with Crippen molar-refractivity contribution in [3.05, 3.63) is 61.0 Å². The number of amides is 1. The number of nitrogens with zero attached hydrogens (tertiary/aromatic N) is 8. The second-order valence-corrected chi connectivity index (χ2v) is 9.29. The molecular weight excluding hydrogens is 446 g/mol. The summed E-state index contributed by atoms with van der Waals surface area (Å²) in [6.07, 6.45) is 10.9. The summed E-state index contributed by atoms with van der Waals surface area (Å²) < 4.78 is 9.11. The third-order valence-corrected chi connectivity index (χ3v) is 5.58. The highest BCUT2D eigenvalue weighted by molar-refractivity contribution is 5.77. The summed E-state index contributed by atoms with van der Waals surface area (Å²) in [5.41, 5.74) is 3.05. The van der Waals surface area contributed by atoms with Crippen molar-refractivity contribution in [3.8, 4) is 5.82 Å². The first-order valence-corrected chi connectivity index (χ1v) is 11.4. The quantitative estimate of drug-likeness (QED) is 0.476. The monoisotopic (exact) mass is 473 g/mol. The molecule has 0 spiro atoms. The summed E-state index contributed by atoms with van der Waals surface area (Å²) in [4.78, 5) is 31.9. The lowest BCUT2D eigenvalue weighted by Crippen LogP contribution is -2.39. The summed E-state index contributed by atoms with van der Waals surface area (Å²) in [5.74, 6) is 2.20. The molecule has 0 aromatic carbocycles. The average Bonchev–Trinajstić information content (AvgIpc) is 3.50. The van der Waals surface area contributed by atoms with Crippen molar-refractivity contribution >= 4 is 28.7 Å². The molecule has 0 atom stereocenters. The molecule has 4 aromatic rings. The fraction of sp³-hybridized carbons (Fsp3) is 0.333. The van der Waals surface area contributed by atoms with E-state index in [-0.39, 0.29) is 6.09 Å². The summed E-state index contributed by atoms with van der Waals surface area (Å²) in [6.45, 7) is 8.60. The highest BCUT2D eigenvalue weighted by Gasteiger charge is 2.25. The molecule has 1 N–H and O–H groups in total. The summed E-state index contributed by atoms with van der Waals surface area (Å²) in [5, 5.41) is 7.50. The van der Waals surface area contributed by atoms with Gasteiger partial charge in [-0.15, -0.1) is 0 Å². The first-order chi connectivity index (χ1) is 16.8. The second-order valence-electron chi connectivity index (χ2n) is 9.29. The van der Waals surface area contributed by atoms with E-state index >= 15 is 0 Å². The summed E-state index contributed by atoms with van der Waals surface area (Å²) in [7, 11) is 0. The van der Waals surface area contributed by atoms with Gasteiger partial charge in [-0.25, -0.2) is 29.4 Å². The van der Waals surface area contributed by atoms with Crippen LogP contribution in [0.3, 0.4) is 0 Å². The van der Waals surface area contributed by atoms with E-state index in [4.69, 9.17) is 4.74 Å². The minimum atomic E-state index is -0.513. The number of hydrogen-bond acceptors (Lipinski definition) is 8. The van der Waals surface area contributed by atoms with Crippen LogP contribution in [-0.4, -0.2) is 63.8 Å². The van der Waals surface area contributed by atoms with Gasteiger partial charge in [0.25, 0.3) is 0 Å². The van der Waals surface area contributed by atoms with Crippen molar-refractivity contribution < 1.29 is 9.53 Å². The maximum Gasteiger partial charge on any atom is 0.410 e. The Morgan fingerprint density at radius 1 is 1.20 bits per heavy atom. The predicted molar refractivity (Wildman–Crippen MR) is 131 cm³/mol. The Hall–Kier alpha value is -4.28. The van der Waals surface area contributed by atoms with Crippen LogP contribution in [-0.2, 0) is 4.74 Å². The first kappa shape index (κ1) is 22.5. The number of rotatable bonds is 4. The van der Waals surface area contributed by atoms with Gasteiger partial charge in [-0.1, -0.05) is 6.08 Å².